The number of nitrogens with zero attached hydrogens (tertiary/aromatic N) is 3. The van der Waals surface area contributed by atoms with Gasteiger partial charge in [0.1, 0.15) is 0 Å². The highest BCUT2D eigenvalue weighted by atomic mass is 32.3. The zero-order chi connectivity index (χ0) is 22.6. The standard InChI is InChI=1S/C7H21N3OP.C2HF6NO4S2/c1-8(2)12(11-7,9(3)4)10(5)6;3-1(4,5)14(10,11)9-15(12,13)2(6,7)8/h1-7H3;9H/q+1;. The SMILES string of the molecule is CO[P+](N(C)C)(N(C)C)N(C)C.O=S(=O)(NS(=O)(=O)C(F)(F)F)C(F)(F)F. The van der Waals surface area contributed by atoms with Crippen molar-refractivity contribution >= 4 is 28.0 Å². The van der Waals surface area contributed by atoms with E-state index < -0.39 is 43.1 Å². The first kappa shape index (κ1) is 28.9. The summed E-state index contributed by atoms with van der Waals surface area (Å²) in [6.45, 7) is 0. The van der Waals surface area contributed by atoms with Crippen molar-refractivity contribution in [2.24, 2.45) is 0 Å². The average Bonchev–Trinajstić information content (AvgIpc) is 2.35. The van der Waals surface area contributed by atoms with E-state index in [4.69, 9.17) is 4.52 Å². The monoisotopic (exact) mass is 475 g/mol. The molecule has 0 bridgehead atoms. The Labute approximate surface area is 154 Å². The molecule has 0 spiro atoms. The van der Waals surface area contributed by atoms with Gasteiger partial charge in [-0.2, -0.15) is 30.9 Å². The molecule has 0 aromatic rings. The molecule has 18 heteroatoms. The van der Waals surface area contributed by atoms with Gasteiger partial charge >= 0.3 is 39.0 Å². The smallest absolute Gasteiger partial charge is 0.202 e. The lowest BCUT2D eigenvalue weighted by molar-refractivity contribution is -0.0476. The molecule has 0 aromatic carbocycles. The van der Waals surface area contributed by atoms with Gasteiger partial charge in [0.2, 0.25) is 0 Å². The minimum atomic E-state index is -6.60. The highest BCUT2D eigenvalue weighted by molar-refractivity contribution is 8.05. The van der Waals surface area contributed by atoms with Crippen LogP contribution in [-0.2, 0) is 24.6 Å². The Morgan fingerprint density at radius 3 is 1.00 bits per heavy atom. The zero-order valence-electron chi connectivity index (χ0n) is 15.4. The maximum Gasteiger partial charge on any atom is 0.512 e. The van der Waals surface area contributed by atoms with Gasteiger partial charge in [0, 0.05) is 42.3 Å². The average molecular weight is 475 g/mol. The van der Waals surface area contributed by atoms with E-state index in [0.29, 0.717) is 0 Å². The van der Waals surface area contributed by atoms with Crippen LogP contribution < -0.4 is 4.13 Å². The third-order valence-electron chi connectivity index (χ3n) is 2.64. The second-order valence-electron chi connectivity index (χ2n) is 5.22. The van der Waals surface area contributed by atoms with Crippen molar-refractivity contribution in [2.75, 3.05) is 49.4 Å². The molecule has 0 saturated carbocycles. The molecule has 0 fully saturated rings. The Morgan fingerprint density at radius 2 is 0.926 bits per heavy atom. The molecule has 0 saturated heterocycles. The molecule has 0 aliphatic carbocycles. The summed E-state index contributed by atoms with van der Waals surface area (Å²) in [6.07, 6.45) is 0. The maximum atomic E-state index is 11.5. The summed E-state index contributed by atoms with van der Waals surface area (Å²) >= 11 is 0. The van der Waals surface area contributed by atoms with Gasteiger partial charge in [-0.1, -0.05) is 4.13 Å². The van der Waals surface area contributed by atoms with E-state index in [1.54, 1.807) is 7.11 Å². The summed E-state index contributed by atoms with van der Waals surface area (Å²) in [4.78, 5) is 0. The summed E-state index contributed by atoms with van der Waals surface area (Å²) in [5, 5.41) is 0. The van der Waals surface area contributed by atoms with E-state index in [1.807, 2.05) is 42.3 Å². The molecule has 0 aliphatic heterocycles. The van der Waals surface area contributed by atoms with Crippen LogP contribution in [0.2, 0.25) is 0 Å². The molecule has 0 amide bonds. The minimum Gasteiger partial charge on any atom is -0.202 e. The Kier molecular flexibility index (Phi) is 10.1. The molecule has 27 heavy (non-hydrogen) atoms. The van der Waals surface area contributed by atoms with Crippen molar-refractivity contribution in [3.05, 3.63) is 0 Å². The Hall–Kier alpha value is -0.290. The molecular formula is C9H22F6N4O5PS2+. The predicted molar refractivity (Wildman–Crippen MR) is 88.1 cm³/mol. The van der Waals surface area contributed by atoms with Gasteiger partial charge in [0.15, 0.2) is 0 Å². The van der Waals surface area contributed by atoms with Crippen LogP contribution in [-0.4, -0.2) is 91.3 Å². The number of halogens is 6. The van der Waals surface area contributed by atoms with Crippen molar-refractivity contribution in [1.82, 2.24) is 18.1 Å². The van der Waals surface area contributed by atoms with Crippen molar-refractivity contribution < 1.29 is 47.7 Å². The fraction of sp³-hybridized carbons (Fsp3) is 1.00. The number of hydrogen-bond donors (Lipinski definition) is 1. The fourth-order valence-electron chi connectivity index (χ4n) is 1.80. The van der Waals surface area contributed by atoms with Gasteiger partial charge in [-0.3, -0.25) is 0 Å². The third kappa shape index (κ3) is 7.23. The van der Waals surface area contributed by atoms with E-state index in [2.05, 4.69) is 14.0 Å². The number of hydrogen-bond acceptors (Lipinski definition) is 8. The topological polar surface area (TPSA) is 99.3 Å². The van der Waals surface area contributed by atoms with Gasteiger partial charge in [-0.15, -0.1) is 14.0 Å². The number of alkyl halides is 6. The molecular weight excluding hydrogens is 453 g/mol. The summed E-state index contributed by atoms with van der Waals surface area (Å²) in [5.41, 5.74) is -12.3. The zero-order valence-corrected chi connectivity index (χ0v) is 17.9. The highest BCUT2D eigenvalue weighted by Gasteiger charge is 2.55. The van der Waals surface area contributed by atoms with Crippen LogP contribution in [0, 0.1) is 0 Å². The largest absolute Gasteiger partial charge is 0.512 e. The van der Waals surface area contributed by atoms with E-state index in [1.165, 1.54) is 0 Å². The lowest BCUT2D eigenvalue weighted by atomic mass is 11.2. The molecule has 0 radical (unpaired) electrons. The molecule has 0 heterocycles. The number of nitrogens with one attached hydrogen (secondary N) is 1. The Balaban J connectivity index is 0. The minimum absolute atomic E-state index is 0.493. The summed E-state index contributed by atoms with van der Waals surface area (Å²) in [5.74, 6) is 0. The fourth-order valence-corrected chi connectivity index (χ4v) is 6.84. The van der Waals surface area contributed by atoms with Crippen LogP contribution in [0.1, 0.15) is 0 Å². The van der Waals surface area contributed by atoms with Crippen LogP contribution >= 0.6 is 7.94 Å². The molecule has 0 unspecified atom stereocenters. The molecule has 166 valence electrons. The number of rotatable bonds is 6. The Bertz CT molecular complexity index is 614. The molecule has 0 atom stereocenters. The van der Waals surface area contributed by atoms with Crippen LogP contribution in [0.25, 0.3) is 0 Å². The third-order valence-corrected chi connectivity index (χ3v) is 9.23. The van der Waals surface area contributed by atoms with E-state index >= 15 is 0 Å². The summed E-state index contributed by atoms with van der Waals surface area (Å²) in [7, 11) is -0.894. The van der Waals surface area contributed by atoms with E-state index in [0.717, 1.165) is 0 Å². The second-order valence-corrected chi connectivity index (χ2v) is 12.6. The normalized spacial score (nSPS) is 14.5. The summed E-state index contributed by atoms with van der Waals surface area (Å²) in [6, 6.07) is 0. The van der Waals surface area contributed by atoms with Crippen molar-refractivity contribution in [3.8, 4) is 0 Å². The van der Waals surface area contributed by atoms with Gasteiger partial charge in [-0.25, -0.2) is 16.8 Å². The van der Waals surface area contributed by atoms with Crippen LogP contribution in [0.3, 0.4) is 0 Å². The molecule has 0 aliphatic rings. The first-order valence-electron chi connectivity index (χ1n) is 6.49. The number of sulfonamides is 2. The van der Waals surface area contributed by atoms with Gasteiger partial charge in [-0.05, 0) is 0 Å². The van der Waals surface area contributed by atoms with Crippen molar-refractivity contribution in [2.45, 2.75) is 11.0 Å². The predicted octanol–water partition coefficient (Wildman–Crippen LogP) is 1.27. The first-order valence-corrected chi connectivity index (χ1v) is 11.0. The highest BCUT2D eigenvalue weighted by Crippen LogP contribution is 2.63. The van der Waals surface area contributed by atoms with Crippen LogP contribution in [0.15, 0.2) is 0 Å². The molecule has 9 nitrogen and oxygen atoms in total. The maximum absolute atomic E-state index is 11.5. The summed E-state index contributed by atoms with van der Waals surface area (Å²) < 4.78 is 120. The second kappa shape index (κ2) is 9.47. The van der Waals surface area contributed by atoms with E-state index in [9.17, 15) is 43.2 Å². The molecule has 0 aromatic heterocycles. The van der Waals surface area contributed by atoms with Crippen LogP contribution in [0.4, 0.5) is 26.3 Å². The molecule has 0 rings (SSSR count). The van der Waals surface area contributed by atoms with Crippen molar-refractivity contribution in [3.63, 3.8) is 0 Å². The van der Waals surface area contributed by atoms with Crippen molar-refractivity contribution in [1.29, 1.82) is 0 Å². The first-order chi connectivity index (χ1) is 11.6. The van der Waals surface area contributed by atoms with Gasteiger partial charge < -0.3 is 0 Å². The van der Waals surface area contributed by atoms with Crippen LogP contribution in [0.5, 0.6) is 0 Å². The van der Waals surface area contributed by atoms with Gasteiger partial charge in [0.25, 0.3) is 0 Å². The molecule has 1 N–H and O–H groups in total. The Morgan fingerprint density at radius 1 is 0.704 bits per heavy atom. The lowest BCUT2D eigenvalue weighted by Gasteiger charge is -2.36. The van der Waals surface area contributed by atoms with E-state index in [-0.39, 0.29) is 0 Å². The van der Waals surface area contributed by atoms with Gasteiger partial charge in [0.05, 0.1) is 7.11 Å². The lowest BCUT2D eigenvalue weighted by Crippen LogP contribution is -2.45. The quantitative estimate of drug-likeness (QED) is 0.453.